The van der Waals surface area contributed by atoms with Crippen molar-refractivity contribution in [1.82, 2.24) is 29.7 Å². The molecular weight excluding hydrogens is 653 g/mol. The first-order valence-electron chi connectivity index (χ1n) is 17.1. The second kappa shape index (κ2) is 14.4. The molecule has 262 valence electrons. The van der Waals surface area contributed by atoms with Crippen LogP contribution >= 0.6 is 0 Å². The predicted molar refractivity (Wildman–Crippen MR) is 192 cm³/mol. The first-order valence-corrected chi connectivity index (χ1v) is 18.6. The second-order valence-electron chi connectivity index (χ2n) is 13.2. The molecule has 2 aliphatic rings. The molecule has 50 heavy (non-hydrogen) atoms. The van der Waals surface area contributed by atoms with Crippen molar-refractivity contribution in [3.8, 4) is 22.8 Å². The van der Waals surface area contributed by atoms with Gasteiger partial charge in [-0.2, -0.15) is 4.72 Å². The van der Waals surface area contributed by atoms with E-state index in [0.29, 0.717) is 23.7 Å². The first kappa shape index (κ1) is 33.9. The van der Waals surface area contributed by atoms with Crippen molar-refractivity contribution in [2.75, 3.05) is 53.2 Å². The lowest BCUT2D eigenvalue weighted by Gasteiger charge is -2.40. The maximum Gasteiger partial charge on any atom is 0.300 e. The fourth-order valence-electron chi connectivity index (χ4n) is 7.40. The van der Waals surface area contributed by atoms with Gasteiger partial charge in [0, 0.05) is 43.9 Å². The quantitative estimate of drug-likeness (QED) is 0.182. The van der Waals surface area contributed by atoms with E-state index >= 15 is 0 Å². The number of likely N-dealkylation sites (N-methyl/N-ethyl adjacent to an activating group) is 1. The van der Waals surface area contributed by atoms with E-state index in [4.69, 9.17) is 20.3 Å². The van der Waals surface area contributed by atoms with Crippen molar-refractivity contribution in [3.63, 3.8) is 0 Å². The van der Waals surface area contributed by atoms with Crippen molar-refractivity contribution in [3.05, 3.63) is 90.3 Å². The summed E-state index contributed by atoms with van der Waals surface area (Å²) in [5, 5.41) is 8.78. The summed E-state index contributed by atoms with van der Waals surface area (Å²) in [7, 11) is 1.08. The normalized spacial score (nSPS) is 19.7. The van der Waals surface area contributed by atoms with Gasteiger partial charge in [-0.25, -0.2) is 18.1 Å². The molecule has 1 saturated heterocycles. The summed E-state index contributed by atoms with van der Waals surface area (Å²) >= 11 is 0. The molecule has 1 unspecified atom stereocenters. The van der Waals surface area contributed by atoms with Crippen LogP contribution in [0.1, 0.15) is 48.9 Å². The number of rotatable bonds is 10. The molecule has 2 aromatic heterocycles. The van der Waals surface area contributed by atoms with Gasteiger partial charge in [-0.3, -0.25) is 4.90 Å². The molecule has 5 aromatic rings. The molecule has 1 aliphatic carbocycles. The van der Waals surface area contributed by atoms with Gasteiger partial charge in [0.15, 0.2) is 0 Å². The lowest BCUT2D eigenvalue weighted by Crippen LogP contribution is -2.51. The zero-order valence-electron chi connectivity index (χ0n) is 28.7. The number of nitrogen functional groups attached to an aromatic ring is 1. The van der Waals surface area contributed by atoms with Crippen LogP contribution in [0.3, 0.4) is 0 Å². The van der Waals surface area contributed by atoms with Crippen molar-refractivity contribution in [1.29, 1.82) is 0 Å². The molecule has 0 amide bonds. The molecule has 4 N–H and O–H groups in total. The summed E-state index contributed by atoms with van der Waals surface area (Å²) in [6.45, 7) is 4.55. The summed E-state index contributed by atoms with van der Waals surface area (Å²) < 4.78 is 43.5. The number of benzene rings is 3. The lowest BCUT2D eigenvalue weighted by molar-refractivity contribution is -0.706. The van der Waals surface area contributed by atoms with Crippen LogP contribution in [0.5, 0.6) is 11.5 Å². The average Bonchev–Trinajstić information content (AvgIpc) is 3.61. The Bertz CT molecular complexity index is 2040. The standard InChI is InChI=1S/C37H44N8O4S/c1-43-19-21-44(22-20-43)28-13-15-29(16-14-28)45-24-39-36(38)33-35(40-41-37(33)45)27-11-9-26(10-12-27)34(25-7-5-4-6-8-25)42-50(46,47)32-23-30(48-2)17-18-31(32)49-3/h4-12,17-18,23-24,28-29,34,42H,13-16,19-22H2,1-3H3,(H2,38,40,41)/p+1. The fourth-order valence-corrected chi connectivity index (χ4v) is 8.80. The number of hydrogen-bond acceptors (Lipinski definition) is 9. The van der Waals surface area contributed by atoms with E-state index in [9.17, 15) is 8.42 Å². The van der Waals surface area contributed by atoms with Crippen LogP contribution in [0.25, 0.3) is 22.3 Å². The molecule has 12 nitrogen and oxygen atoms in total. The van der Waals surface area contributed by atoms with Crippen LogP contribution in [-0.4, -0.2) is 86.9 Å². The Balaban J connectivity index is 1.15. The van der Waals surface area contributed by atoms with Gasteiger partial charge >= 0.3 is 5.65 Å². The zero-order chi connectivity index (χ0) is 34.8. The Labute approximate surface area is 293 Å². The van der Waals surface area contributed by atoms with Crippen LogP contribution in [0.2, 0.25) is 0 Å². The molecule has 0 radical (unpaired) electrons. The molecule has 1 atom stereocenters. The minimum absolute atomic E-state index is 0.00933. The number of methoxy groups -OCH3 is 2. The van der Waals surface area contributed by atoms with E-state index in [1.165, 1.54) is 20.3 Å². The molecule has 0 spiro atoms. The fraction of sp³-hybridized carbons (Fsp3) is 0.378. The van der Waals surface area contributed by atoms with E-state index in [-0.39, 0.29) is 10.6 Å². The Morgan fingerprint density at radius 2 is 1.62 bits per heavy atom. The van der Waals surface area contributed by atoms with Gasteiger partial charge in [-0.15, -0.1) is 0 Å². The molecule has 2 fully saturated rings. The average molecular weight is 698 g/mol. The van der Waals surface area contributed by atoms with Gasteiger partial charge in [0.2, 0.25) is 22.2 Å². The number of piperazine rings is 1. The molecule has 7 rings (SSSR count). The van der Waals surface area contributed by atoms with E-state index in [0.717, 1.165) is 85.3 Å². The van der Waals surface area contributed by atoms with Crippen LogP contribution in [0.15, 0.2) is 84.0 Å². The van der Waals surface area contributed by atoms with Gasteiger partial charge in [0.1, 0.15) is 21.8 Å². The molecule has 0 bridgehead atoms. The van der Waals surface area contributed by atoms with Crippen LogP contribution in [0.4, 0.5) is 5.82 Å². The van der Waals surface area contributed by atoms with E-state index in [2.05, 4.69) is 36.2 Å². The molecule has 1 saturated carbocycles. The van der Waals surface area contributed by atoms with Crippen LogP contribution in [0, 0.1) is 0 Å². The topological polar surface area (TPSA) is 143 Å². The molecular formula is C37H45N8O4S+. The van der Waals surface area contributed by atoms with E-state index < -0.39 is 16.1 Å². The summed E-state index contributed by atoms with van der Waals surface area (Å²) in [6.07, 6.45) is 6.28. The number of hydrogen-bond donors (Lipinski definition) is 3. The van der Waals surface area contributed by atoms with Gasteiger partial charge in [-0.1, -0.05) is 59.6 Å². The number of nitrogens with zero attached hydrogens (tertiary/aromatic N) is 5. The summed E-state index contributed by atoms with van der Waals surface area (Å²) in [5.74, 6) is 1.04. The minimum Gasteiger partial charge on any atom is -0.497 e. The first-order chi connectivity index (χ1) is 24.3. The largest absolute Gasteiger partial charge is 0.497 e. The molecule has 3 heterocycles. The summed E-state index contributed by atoms with van der Waals surface area (Å²) in [4.78, 5) is 9.67. The molecule has 13 heteroatoms. The lowest BCUT2D eigenvalue weighted by atomic mass is 9.89. The third-order valence-corrected chi connectivity index (χ3v) is 11.7. The summed E-state index contributed by atoms with van der Waals surface area (Å²) in [5.41, 5.74) is 10.5. The maximum atomic E-state index is 13.9. The minimum atomic E-state index is -4.05. The Hall–Kier alpha value is -4.56. The van der Waals surface area contributed by atoms with Crippen molar-refractivity contribution in [2.45, 2.75) is 48.7 Å². The number of aromatic amines is 1. The van der Waals surface area contributed by atoms with Gasteiger partial charge in [-0.05, 0) is 61.1 Å². The number of ether oxygens (including phenoxy) is 2. The third kappa shape index (κ3) is 6.78. The number of sulfonamides is 1. The molecule has 1 aliphatic heterocycles. The summed E-state index contributed by atoms with van der Waals surface area (Å²) in [6, 6.07) is 22.2. The highest BCUT2D eigenvalue weighted by Gasteiger charge is 2.33. The predicted octanol–water partition coefficient (Wildman–Crippen LogP) is 4.31. The zero-order valence-corrected chi connectivity index (χ0v) is 29.6. The highest BCUT2D eigenvalue weighted by Crippen LogP contribution is 2.35. The van der Waals surface area contributed by atoms with Crippen molar-refractivity contribution in [2.24, 2.45) is 0 Å². The van der Waals surface area contributed by atoms with E-state index in [1.807, 2.05) is 60.9 Å². The number of nitrogens with one attached hydrogen (secondary N) is 2. The van der Waals surface area contributed by atoms with Gasteiger partial charge in [0.05, 0.1) is 32.0 Å². The van der Waals surface area contributed by atoms with Crippen LogP contribution < -0.4 is 24.5 Å². The SMILES string of the molecule is COc1ccc(OC)c(S(=O)(=O)NC(c2ccccc2)c2ccc(-c3[nH]nc4c3c(N)nc[n+]4C3CCC(N4CCN(C)CC4)CC3)cc2)c1. The number of fused-ring (bicyclic) bond motifs is 1. The van der Waals surface area contributed by atoms with Gasteiger partial charge in [0.25, 0.3) is 0 Å². The van der Waals surface area contributed by atoms with E-state index in [1.54, 1.807) is 12.1 Å². The van der Waals surface area contributed by atoms with Gasteiger partial charge < -0.3 is 20.1 Å². The third-order valence-electron chi connectivity index (χ3n) is 10.3. The maximum absolute atomic E-state index is 13.9. The number of nitrogens with two attached hydrogens (primary N) is 1. The highest BCUT2D eigenvalue weighted by molar-refractivity contribution is 7.89. The number of aromatic nitrogens is 4. The highest BCUT2D eigenvalue weighted by atomic mass is 32.2. The number of anilines is 1. The Morgan fingerprint density at radius 3 is 2.30 bits per heavy atom. The second-order valence-corrected chi connectivity index (χ2v) is 14.9. The number of H-pyrrole nitrogens is 1. The van der Waals surface area contributed by atoms with Crippen LogP contribution in [-0.2, 0) is 10.0 Å². The van der Waals surface area contributed by atoms with Crippen molar-refractivity contribution < 1.29 is 22.5 Å². The Morgan fingerprint density at radius 1 is 0.920 bits per heavy atom. The monoisotopic (exact) mass is 697 g/mol. The van der Waals surface area contributed by atoms with Crippen molar-refractivity contribution >= 4 is 26.9 Å². The molecule has 3 aromatic carbocycles. The Kier molecular flexibility index (Phi) is 9.73. The smallest absolute Gasteiger partial charge is 0.300 e.